The molecule has 0 bridgehead atoms. The molecule has 0 spiro atoms. The molecule has 1 N–H and O–H groups in total. The molecule has 130 valence electrons. The zero-order chi connectivity index (χ0) is 17.5. The van der Waals surface area contributed by atoms with Crippen molar-refractivity contribution >= 4 is 11.3 Å². The third-order valence-corrected chi connectivity index (χ3v) is 4.64. The van der Waals surface area contributed by atoms with Crippen molar-refractivity contribution in [3.05, 3.63) is 64.5 Å². The normalized spacial score (nSPS) is 10.6. The Morgan fingerprint density at radius 2 is 1.84 bits per heavy atom. The first-order chi connectivity index (χ1) is 12.3. The lowest BCUT2D eigenvalue weighted by molar-refractivity contribution is 0.399. The highest BCUT2D eigenvalue weighted by molar-refractivity contribution is 7.07. The first-order valence-electron chi connectivity index (χ1n) is 8.20. The number of aromatic nitrogens is 1. The Morgan fingerprint density at radius 1 is 1.04 bits per heavy atom. The lowest BCUT2D eigenvalue weighted by atomic mass is 10.0. The van der Waals surface area contributed by atoms with E-state index in [1.807, 2.05) is 23.0 Å². The second kappa shape index (κ2) is 8.65. The zero-order valence-corrected chi connectivity index (χ0v) is 15.3. The minimum absolute atomic E-state index is 0.824. The van der Waals surface area contributed by atoms with Crippen molar-refractivity contribution in [2.45, 2.75) is 13.0 Å². The molecule has 0 amide bonds. The van der Waals surface area contributed by atoms with E-state index < -0.39 is 0 Å². The Labute approximate surface area is 152 Å². The van der Waals surface area contributed by atoms with Crippen molar-refractivity contribution in [2.24, 2.45) is 0 Å². The van der Waals surface area contributed by atoms with E-state index in [4.69, 9.17) is 9.47 Å². The summed E-state index contributed by atoms with van der Waals surface area (Å²) >= 11 is 1.57. The van der Waals surface area contributed by atoms with Gasteiger partial charge in [0.25, 0.3) is 0 Å². The van der Waals surface area contributed by atoms with E-state index in [1.54, 1.807) is 25.6 Å². The van der Waals surface area contributed by atoms with Crippen LogP contribution in [0.1, 0.15) is 11.1 Å². The molecule has 5 heteroatoms. The third kappa shape index (κ3) is 4.38. The minimum atomic E-state index is 0.824. The maximum atomic E-state index is 5.59. The second-order valence-corrected chi connectivity index (χ2v) is 6.37. The van der Waals surface area contributed by atoms with Crippen molar-refractivity contribution in [1.82, 2.24) is 10.3 Å². The van der Waals surface area contributed by atoms with E-state index in [1.165, 1.54) is 5.56 Å². The number of hydrogen-bond acceptors (Lipinski definition) is 5. The van der Waals surface area contributed by atoms with E-state index >= 15 is 0 Å². The fraction of sp³-hybridized carbons (Fsp3) is 0.250. The van der Waals surface area contributed by atoms with Crippen LogP contribution in [0.5, 0.6) is 11.5 Å². The van der Waals surface area contributed by atoms with Gasteiger partial charge >= 0.3 is 0 Å². The molecule has 2 aromatic carbocycles. The molecule has 0 aliphatic heterocycles. The van der Waals surface area contributed by atoms with E-state index in [0.717, 1.165) is 47.8 Å². The van der Waals surface area contributed by atoms with Crippen molar-refractivity contribution in [1.29, 1.82) is 0 Å². The highest BCUT2D eigenvalue weighted by Gasteiger charge is 2.14. The summed E-state index contributed by atoms with van der Waals surface area (Å²) in [6.45, 7) is 1.72. The van der Waals surface area contributed by atoms with Crippen molar-refractivity contribution in [2.75, 3.05) is 20.8 Å². The van der Waals surface area contributed by atoms with Gasteiger partial charge in [0.15, 0.2) is 0 Å². The van der Waals surface area contributed by atoms with Crippen LogP contribution < -0.4 is 14.8 Å². The van der Waals surface area contributed by atoms with Crippen LogP contribution in [-0.2, 0) is 13.0 Å². The number of rotatable bonds is 8. The molecule has 25 heavy (non-hydrogen) atoms. The highest BCUT2D eigenvalue weighted by atomic mass is 32.1. The Kier molecular flexibility index (Phi) is 6.04. The maximum absolute atomic E-state index is 5.59. The molecule has 0 aliphatic carbocycles. The molecule has 0 saturated carbocycles. The average molecular weight is 354 g/mol. The van der Waals surface area contributed by atoms with Gasteiger partial charge in [-0.2, -0.15) is 0 Å². The van der Waals surface area contributed by atoms with Crippen molar-refractivity contribution in [3.63, 3.8) is 0 Å². The summed E-state index contributed by atoms with van der Waals surface area (Å²) in [7, 11) is 3.39. The van der Waals surface area contributed by atoms with Crippen molar-refractivity contribution in [3.8, 4) is 22.8 Å². The van der Waals surface area contributed by atoms with Gasteiger partial charge in [0.2, 0.25) is 0 Å². The van der Waals surface area contributed by atoms with Gasteiger partial charge in [-0.25, -0.2) is 4.98 Å². The van der Waals surface area contributed by atoms with Crippen LogP contribution in [0.4, 0.5) is 0 Å². The second-order valence-electron chi connectivity index (χ2n) is 5.65. The summed E-state index contributed by atoms with van der Waals surface area (Å²) in [4.78, 5) is 4.38. The molecule has 1 aromatic heterocycles. The van der Waals surface area contributed by atoms with Crippen LogP contribution in [0.25, 0.3) is 11.3 Å². The Hall–Kier alpha value is -2.37. The molecule has 0 saturated heterocycles. The fourth-order valence-corrected chi connectivity index (χ4v) is 3.31. The number of hydrogen-bond donors (Lipinski definition) is 1. The van der Waals surface area contributed by atoms with Crippen molar-refractivity contribution < 1.29 is 9.47 Å². The summed E-state index contributed by atoms with van der Waals surface area (Å²) in [5.74, 6) is 1.69. The minimum Gasteiger partial charge on any atom is -0.496 e. The quantitative estimate of drug-likeness (QED) is 0.617. The monoisotopic (exact) mass is 354 g/mol. The van der Waals surface area contributed by atoms with Gasteiger partial charge in [-0.05, 0) is 36.2 Å². The zero-order valence-electron chi connectivity index (χ0n) is 14.5. The molecule has 3 aromatic rings. The van der Waals surface area contributed by atoms with Crippen LogP contribution >= 0.6 is 11.3 Å². The predicted octanol–water partition coefficient (Wildman–Crippen LogP) is 4.16. The molecular formula is C20H22N2O2S. The number of nitrogens with one attached hydrogen (secondary N) is 1. The molecule has 0 aliphatic rings. The van der Waals surface area contributed by atoms with Crippen LogP contribution in [-0.4, -0.2) is 25.7 Å². The Bertz CT molecular complexity index is 789. The van der Waals surface area contributed by atoms with Gasteiger partial charge in [0, 0.05) is 17.5 Å². The first-order valence-corrected chi connectivity index (χ1v) is 9.14. The van der Waals surface area contributed by atoms with Crippen LogP contribution in [0.3, 0.4) is 0 Å². The molecule has 0 fully saturated rings. The number of nitrogens with zero attached hydrogens (tertiary/aromatic N) is 1. The summed E-state index contributed by atoms with van der Waals surface area (Å²) in [5.41, 5.74) is 6.10. The Morgan fingerprint density at radius 3 is 2.52 bits per heavy atom. The van der Waals surface area contributed by atoms with Crippen LogP contribution in [0.15, 0.2) is 53.4 Å². The summed E-state index contributed by atoms with van der Waals surface area (Å²) < 4.78 is 11.2. The van der Waals surface area contributed by atoms with E-state index in [0.29, 0.717) is 0 Å². The van der Waals surface area contributed by atoms with E-state index in [2.05, 4.69) is 40.6 Å². The topological polar surface area (TPSA) is 43.4 Å². The lowest BCUT2D eigenvalue weighted by Gasteiger charge is -2.14. The summed E-state index contributed by atoms with van der Waals surface area (Å²) in [6, 6.07) is 14.5. The smallest absolute Gasteiger partial charge is 0.128 e. The van der Waals surface area contributed by atoms with Crippen LogP contribution in [0, 0.1) is 0 Å². The number of ether oxygens (including phenoxy) is 2. The molecular weight excluding hydrogens is 332 g/mol. The van der Waals surface area contributed by atoms with Gasteiger partial charge in [-0.3, -0.25) is 0 Å². The number of thiazole rings is 1. The molecule has 1 heterocycles. The van der Waals surface area contributed by atoms with E-state index in [9.17, 15) is 0 Å². The SMILES string of the molecule is COc1cc(-c2cscn2)c(OC)cc1CCNCc1ccccc1. The highest BCUT2D eigenvalue weighted by Crippen LogP contribution is 2.36. The molecule has 3 rings (SSSR count). The summed E-state index contributed by atoms with van der Waals surface area (Å²) in [5, 5.41) is 5.49. The van der Waals surface area contributed by atoms with E-state index in [-0.39, 0.29) is 0 Å². The third-order valence-electron chi connectivity index (χ3n) is 4.05. The average Bonchev–Trinajstić information content (AvgIpc) is 3.20. The van der Waals surface area contributed by atoms with Gasteiger partial charge in [-0.15, -0.1) is 11.3 Å². The summed E-state index contributed by atoms with van der Waals surface area (Å²) in [6.07, 6.45) is 0.865. The molecule has 0 radical (unpaired) electrons. The predicted molar refractivity (Wildman–Crippen MR) is 103 cm³/mol. The number of methoxy groups -OCH3 is 2. The van der Waals surface area contributed by atoms with Gasteiger partial charge in [-0.1, -0.05) is 30.3 Å². The van der Waals surface area contributed by atoms with Gasteiger partial charge in [0.05, 0.1) is 25.4 Å². The molecule has 4 nitrogen and oxygen atoms in total. The largest absolute Gasteiger partial charge is 0.496 e. The lowest BCUT2D eigenvalue weighted by Crippen LogP contribution is -2.17. The standard InChI is InChI=1S/C20H22N2O2S/c1-23-19-11-17(18-13-25-14-22-18)20(24-2)10-16(19)8-9-21-12-15-6-4-3-5-7-15/h3-7,10-11,13-14,21H,8-9,12H2,1-2H3. The van der Waals surface area contributed by atoms with Gasteiger partial charge < -0.3 is 14.8 Å². The fourth-order valence-electron chi connectivity index (χ4n) is 2.75. The first kappa shape index (κ1) is 17.5. The number of benzene rings is 2. The Balaban J connectivity index is 1.70. The molecule has 0 atom stereocenters. The van der Waals surface area contributed by atoms with Crippen LogP contribution in [0.2, 0.25) is 0 Å². The molecule has 0 unspecified atom stereocenters. The maximum Gasteiger partial charge on any atom is 0.128 e. The van der Waals surface area contributed by atoms with Gasteiger partial charge in [0.1, 0.15) is 11.5 Å².